The molecule has 0 N–H and O–H groups in total. The van der Waals surface area contributed by atoms with E-state index in [0.717, 1.165) is 12.1 Å². The number of aromatic nitrogens is 1. The molecule has 1 nitrogen and oxygen atoms in total. The molecular weight excluding hydrogens is 350 g/mol. The van der Waals surface area contributed by atoms with E-state index in [1.54, 1.807) is 0 Å². The van der Waals surface area contributed by atoms with E-state index in [-0.39, 0.29) is 0 Å². The Kier molecular flexibility index (Phi) is 8.49. The van der Waals surface area contributed by atoms with Gasteiger partial charge < -0.3 is 0 Å². The third kappa shape index (κ3) is 6.56. The molecule has 0 spiro atoms. The molecule has 1 aromatic heterocycles. The van der Waals surface area contributed by atoms with Crippen molar-refractivity contribution < 1.29 is 0 Å². The van der Waals surface area contributed by atoms with E-state index in [1.807, 2.05) is 6.20 Å². The summed E-state index contributed by atoms with van der Waals surface area (Å²) < 4.78 is 0. The summed E-state index contributed by atoms with van der Waals surface area (Å²) in [6.45, 7) is 4.49. The van der Waals surface area contributed by atoms with Crippen LogP contribution >= 0.6 is 0 Å². The molecule has 0 unspecified atom stereocenters. The van der Waals surface area contributed by atoms with Crippen molar-refractivity contribution in [2.24, 2.45) is 0 Å². The van der Waals surface area contributed by atoms with E-state index >= 15 is 0 Å². The van der Waals surface area contributed by atoms with Crippen LogP contribution in [0.4, 0.5) is 0 Å². The maximum Gasteiger partial charge on any atom is 0.0702 e. The molecular formula is C28H35N. The van der Waals surface area contributed by atoms with Gasteiger partial charge in [-0.2, -0.15) is 0 Å². The second kappa shape index (κ2) is 11.6. The highest BCUT2D eigenvalue weighted by Crippen LogP contribution is 2.24. The third-order valence-corrected chi connectivity index (χ3v) is 5.66. The number of hydrogen-bond donors (Lipinski definition) is 0. The molecule has 1 heterocycles. The minimum Gasteiger partial charge on any atom is -0.256 e. The number of unbranched alkanes of at least 4 members (excludes halogenated alkanes) is 5. The number of hydrogen-bond acceptors (Lipinski definition) is 1. The molecule has 0 aliphatic carbocycles. The van der Waals surface area contributed by atoms with Crippen LogP contribution in [0.1, 0.15) is 69.9 Å². The molecule has 0 aliphatic heterocycles. The zero-order valence-electron chi connectivity index (χ0n) is 18.2. The van der Waals surface area contributed by atoms with Crippen molar-refractivity contribution in [2.45, 2.75) is 71.6 Å². The Morgan fingerprint density at radius 1 is 0.517 bits per heavy atom. The van der Waals surface area contributed by atoms with Crippen LogP contribution in [0, 0.1) is 0 Å². The highest BCUT2D eigenvalue weighted by Gasteiger charge is 2.03. The summed E-state index contributed by atoms with van der Waals surface area (Å²) in [5.74, 6) is 0. The van der Waals surface area contributed by atoms with E-state index in [2.05, 4.69) is 74.5 Å². The van der Waals surface area contributed by atoms with E-state index in [9.17, 15) is 0 Å². The molecule has 3 aromatic rings. The van der Waals surface area contributed by atoms with Crippen molar-refractivity contribution >= 4 is 0 Å². The van der Waals surface area contributed by atoms with Crippen LogP contribution in [0.5, 0.6) is 0 Å². The normalized spacial score (nSPS) is 11.0. The smallest absolute Gasteiger partial charge is 0.0702 e. The fourth-order valence-corrected chi connectivity index (χ4v) is 3.84. The Bertz CT molecular complexity index is 829. The van der Waals surface area contributed by atoms with E-state index < -0.39 is 0 Å². The predicted molar refractivity (Wildman–Crippen MR) is 126 cm³/mol. The molecule has 29 heavy (non-hydrogen) atoms. The van der Waals surface area contributed by atoms with Gasteiger partial charge in [-0.3, -0.25) is 4.98 Å². The first-order valence-electron chi connectivity index (χ1n) is 11.4. The monoisotopic (exact) mass is 385 g/mol. The summed E-state index contributed by atoms with van der Waals surface area (Å²) in [6.07, 6.45) is 13.6. The number of benzene rings is 2. The standard InChI is InChI=1S/C28H35N/c1-3-5-6-7-8-9-11-24-14-18-26(19-15-24)28-21-20-27(22-29-28)25-16-12-23(10-4-2)13-17-25/h12-22H,3-11H2,1-2H3. The molecule has 0 saturated heterocycles. The lowest BCUT2D eigenvalue weighted by atomic mass is 10.0. The van der Waals surface area contributed by atoms with Gasteiger partial charge in [-0.15, -0.1) is 0 Å². The quantitative estimate of drug-likeness (QED) is 0.303. The highest BCUT2D eigenvalue weighted by molar-refractivity contribution is 5.67. The SMILES string of the molecule is CCCCCCCCc1ccc(-c2ccc(-c3ccc(CCC)cc3)cn2)cc1. The molecule has 0 fully saturated rings. The lowest BCUT2D eigenvalue weighted by molar-refractivity contribution is 0.607. The molecule has 0 saturated carbocycles. The Balaban J connectivity index is 1.55. The molecule has 0 atom stereocenters. The van der Waals surface area contributed by atoms with Crippen molar-refractivity contribution in [3.8, 4) is 22.4 Å². The Morgan fingerprint density at radius 2 is 1.10 bits per heavy atom. The largest absolute Gasteiger partial charge is 0.256 e. The predicted octanol–water partition coefficient (Wildman–Crippen LogP) is 8.27. The van der Waals surface area contributed by atoms with Gasteiger partial charge in [-0.25, -0.2) is 0 Å². The van der Waals surface area contributed by atoms with Crippen LogP contribution in [0.3, 0.4) is 0 Å². The number of pyridine rings is 1. The van der Waals surface area contributed by atoms with Crippen LogP contribution in [0.25, 0.3) is 22.4 Å². The van der Waals surface area contributed by atoms with Gasteiger partial charge in [-0.1, -0.05) is 107 Å². The van der Waals surface area contributed by atoms with Crippen molar-refractivity contribution in [1.82, 2.24) is 4.98 Å². The van der Waals surface area contributed by atoms with Gasteiger partial charge in [0.05, 0.1) is 5.69 Å². The molecule has 2 aromatic carbocycles. The van der Waals surface area contributed by atoms with Gasteiger partial charge in [-0.05, 0) is 42.0 Å². The van der Waals surface area contributed by atoms with Crippen LogP contribution in [-0.4, -0.2) is 4.98 Å². The maximum absolute atomic E-state index is 4.72. The average Bonchev–Trinajstić information content (AvgIpc) is 2.78. The van der Waals surface area contributed by atoms with Crippen LogP contribution in [0.15, 0.2) is 66.9 Å². The topological polar surface area (TPSA) is 12.9 Å². The molecule has 3 rings (SSSR count). The summed E-state index contributed by atoms with van der Waals surface area (Å²) in [7, 11) is 0. The zero-order valence-corrected chi connectivity index (χ0v) is 18.2. The Hall–Kier alpha value is -2.41. The summed E-state index contributed by atoms with van der Waals surface area (Å²) in [5, 5.41) is 0. The van der Waals surface area contributed by atoms with Gasteiger partial charge in [0.15, 0.2) is 0 Å². The van der Waals surface area contributed by atoms with Crippen molar-refractivity contribution in [3.63, 3.8) is 0 Å². The first kappa shape index (κ1) is 21.3. The molecule has 0 aliphatic rings. The van der Waals surface area contributed by atoms with E-state index in [0.29, 0.717) is 0 Å². The Labute approximate surface area is 177 Å². The lowest BCUT2D eigenvalue weighted by Crippen LogP contribution is -1.89. The fourth-order valence-electron chi connectivity index (χ4n) is 3.84. The molecule has 152 valence electrons. The fraction of sp³-hybridized carbons (Fsp3) is 0.393. The summed E-state index contributed by atoms with van der Waals surface area (Å²) in [6, 6.07) is 22.2. The van der Waals surface area contributed by atoms with Gasteiger partial charge in [0.2, 0.25) is 0 Å². The van der Waals surface area contributed by atoms with E-state index in [1.165, 1.54) is 79.2 Å². The van der Waals surface area contributed by atoms with E-state index in [4.69, 9.17) is 4.98 Å². The number of rotatable bonds is 11. The van der Waals surface area contributed by atoms with Gasteiger partial charge in [0, 0.05) is 17.3 Å². The van der Waals surface area contributed by atoms with Crippen LogP contribution in [-0.2, 0) is 12.8 Å². The second-order valence-electron chi connectivity index (χ2n) is 8.09. The molecule has 0 radical (unpaired) electrons. The number of nitrogens with zero attached hydrogens (tertiary/aromatic N) is 1. The molecule has 1 heteroatoms. The molecule has 0 bridgehead atoms. The second-order valence-corrected chi connectivity index (χ2v) is 8.09. The van der Waals surface area contributed by atoms with Crippen LogP contribution in [0.2, 0.25) is 0 Å². The minimum atomic E-state index is 1.04. The minimum absolute atomic E-state index is 1.04. The summed E-state index contributed by atoms with van der Waals surface area (Å²) in [5.41, 5.74) is 7.49. The average molecular weight is 386 g/mol. The van der Waals surface area contributed by atoms with Gasteiger partial charge in [0.1, 0.15) is 0 Å². The van der Waals surface area contributed by atoms with Crippen LogP contribution < -0.4 is 0 Å². The lowest BCUT2D eigenvalue weighted by Gasteiger charge is -2.07. The summed E-state index contributed by atoms with van der Waals surface area (Å²) in [4.78, 5) is 4.72. The first-order chi connectivity index (χ1) is 14.3. The first-order valence-corrected chi connectivity index (χ1v) is 11.4. The Morgan fingerprint density at radius 3 is 1.72 bits per heavy atom. The maximum atomic E-state index is 4.72. The van der Waals surface area contributed by atoms with Gasteiger partial charge >= 0.3 is 0 Å². The molecule has 0 amide bonds. The third-order valence-electron chi connectivity index (χ3n) is 5.66. The number of aryl methyl sites for hydroxylation is 2. The van der Waals surface area contributed by atoms with Crippen molar-refractivity contribution in [1.29, 1.82) is 0 Å². The zero-order chi connectivity index (χ0) is 20.3. The highest BCUT2D eigenvalue weighted by atomic mass is 14.7. The van der Waals surface area contributed by atoms with Crippen molar-refractivity contribution in [3.05, 3.63) is 78.0 Å². The van der Waals surface area contributed by atoms with Crippen molar-refractivity contribution in [2.75, 3.05) is 0 Å². The van der Waals surface area contributed by atoms with Gasteiger partial charge in [0.25, 0.3) is 0 Å². The summed E-state index contributed by atoms with van der Waals surface area (Å²) >= 11 is 0.